The summed E-state index contributed by atoms with van der Waals surface area (Å²) in [4.78, 5) is 23.3. The van der Waals surface area contributed by atoms with Crippen LogP contribution in [-0.2, 0) is 4.79 Å². The topological polar surface area (TPSA) is 66.4 Å². The molecular weight excluding hydrogens is 278 g/mol. The molecule has 4 nitrogen and oxygen atoms in total. The molecule has 2 aromatic rings. The van der Waals surface area contributed by atoms with Crippen molar-refractivity contribution in [3.63, 3.8) is 0 Å². The van der Waals surface area contributed by atoms with Gasteiger partial charge in [0.1, 0.15) is 6.04 Å². The average Bonchev–Trinajstić information content (AvgIpc) is 2.52. The van der Waals surface area contributed by atoms with E-state index in [9.17, 15) is 9.59 Å². The first-order valence-corrected chi connectivity index (χ1v) is 7.18. The lowest BCUT2D eigenvalue weighted by Gasteiger charge is -2.17. The second-order valence-electron chi connectivity index (χ2n) is 5.48. The zero-order valence-electron chi connectivity index (χ0n) is 12.6. The summed E-state index contributed by atoms with van der Waals surface area (Å²) in [6.07, 6.45) is 0. The van der Waals surface area contributed by atoms with Gasteiger partial charge in [-0.15, -0.1) is 0 Å². The maximum Gasteiger partial charge on any atom is 0.326 e. The lowest BCUT2D eigenvalue weighted by molar-refractivity contribution is -0.140. The summed E-state index contributed by atoms with van der Waals surface area (Å²) >= 11 is 0. The minimum atomic E-state index is -1.02. The first-order valence-electron chi connectivity index (χ1n) is 7.18. The predicted octanol–water partition coefficient (Wildman–Crippen LogP) is 3.19. The van der Waals surface area contributed by atoms with Crippen LogP contribution in [0.4, 0.5) is 0 Å². The van der Waals surface area contributed by atoms with Gasteiger partial charge in [-0.25, -0.2) is 4.79 Å². The summed E-state index contributed by atoms with van der Waals surface area (Å²) in [7, 11) is 0. The number of hydrogen-bond donors (Lipinski definition) is 2. The Morgan fingerprint density at radius 3 is 1.95 bits per heavy atom. The fourth-order valence-electron chi connectivity index (χ4n) is 2.18. The van der Waals surface area contributed by atoms with Gasteiger partial charge in [-0.2, -0.15) is 0 Å². The molecule has 0 aliphatic rings. The Morgan fingerprint density at radius 1 is 0.909 bits per heavy atom. The Balaban J connectivity index is 2.13. The summed E-state index contributed by atoms with van der Waals surface area (Å²) in [5, 5.41) is 11.7. The van der Waals surface area contributed by atoms with E-state index in [2.05, 4.69) is 5.32 Å². The predicted molar refractivity (Wildman–Crippen MR) is 85.6 cm³/mol. The maximum absolute atomic E-state index is 12.1. The van der Waals surface area contributed by atoms with Crippen LogP contribution in [0, 0.1) is 5.92 Å². The molecule has 0 bridgehead atoms. The molecule has 0 spiro atoms. The molecule has 0 aliphatic carbocycles. The van der Waals surface area contributed by atoms with Gasteiger partial charge in [0.2, 0.25) is 0 Å². The molecule has 0 aromatic heterocycles. The van der Waals surface area contributed by atoms with Gasteiger partial charge in [0.25, 0.3) is 5.91 Å². The monoisotopic (exact) mass is 297 g/mol. The van der Waals surface area contributed by atoms with Gasteiger partial charge in [-0.1, -0.05) is 56.3 Å². The number of benzene rings is 2. The van der Waals surface area contributed by atoms with Gasteiger partial charge in [-0.05, 0) is 29.2 Å². The van der Waals surface area contributed by atoms with E-state index in [1.165, 1.54) is 0 Å². The second kappa shape index (κ2) is 6.89. The Morgan fingerprint density at radius 2 is 1.45 bits per heavy atom. The third-order valence-electron chi connectivity index (χ3n) is 3.47. The van der Waals surface area contributed by atoms with Crippen molar-refractivity contribution in [1.82, 2.24) is 5.32 Å². The summed E-state index contributed by atoms with van der Waals surface area (Å²) < 4.78 is 0. The first kappa shape index (κ1) is 15.8. The Bertz CT molecular complexity index is 648. The van der Waals surface area contributed by atoms with Crippen LogP contribution in [0.2, 0.25) is 0 Å². The number of aliphatic carboxylic acids is 1. The van der Waals surface area contributed by atoms with E-state index in [4.69, 9.17) is 5.11 Å². The van der Waals surface area contributed by atoms with Crippen LogP contribution >= 0.6 is 0 Å². The van der Waals surface area contributed by atoms with Crippen molar-refractivity contribution in [2.45, 2.75) is 19.9 Å². The largest absolute Gasteiger partial charge is 0.480 e. The number of rotatable bonds is 5. The number of nitrogens with one attached hydrogen (secondary N) is 1. The van der Waals surface area contributed by atoms with Crippen molar-refractivity contribution in [2.24, 2.45) is 5.92 Å². The molecule has 22 heavy (non-hydrogen) atoms. The standard InChI is InChI=1S/C18H19NO3/c1-12(2)16(18(21)22)19-17(20)15-10-8-14(9-11-15)13-6-4-3-5-7-13/h3-12,16H,1-2H3,(H,19,20)(H,21,22). The highest BCUT2D eigenvalue weighted by Crippen LogP contribution is 2.19. The molecule has 0 aliphatic heterocycles. The first-order chi connectivity index (χ1) is 10.5. The quantitative estimate of drug-likeness (QED) is 0.890. The van der Waals surface area contributed by atoms with Gasteiger partial charge in [0, 0.05) is 5.56 Å². The van der Waals surface area contributed by atoms with Gasteiger partial charge >= 0.3 is 5.97 Å². The van der Waals surface area contributed by atoms with E-state index in [1.54, 1.807) is 26.0 Å². The molecule has 2 rings (SSSR count). The minimum Gasteiger partial charge on any atom is -0.480 e. The van der Waals surface area contributed by atoms with Crippen molar-refractivity contribution < 1.29 is 14.7 Å². The number of carboxylic acid groups (broad SMARTS) is 1. The SMILES string of the molecule is CC(C)C(NC(=O)c1ccc(-c2ccccc2)cc1)C(=O)O. The van der Waals surface area contributed by atoms with E-state index in [-0.39, 0.29) is 11.8 Å². The van der Waals surface area contributed by atoms with Crippen molar-refractivity contribution in [3.8, 4) is 11.1 Å². The lowest BCUT2D eigenvalue weighted by Crippen LogP contribution is -2.44. The number of amides is 1. The molecule has 0 fully saturated rings. The molecule has 0 saturated heterocycles. The van der Waals surface area contributed by atoms with Crippen LogP contribution in [0.5, 0.6) is 0 Å². The van der Waals surface area contributed by atoms with Crippen LogP contribution in [0.15, 0.2) is 54.6 Å². The minimum absolute atomic E-state index is 0.176. The zero-order valence-corrected chi connectivity index (χ0v) is 12.6. The molecule has 2 aromatic carbocycles. The molecular formula is C18H19NO3. The van der Waals surface area contributed by atoms with Crippen LogP contribution in [0.3, 0.4) is 0 Å². The zero-order chi connectivity index (χ0) is 16.1. The number of carboxylic acids is 1. The smallest absolute Gasteiger partial charge is 0.326 e. The van der Waals surface area contributed by atoms with Gasteiger partial charge in [-0.3, -0.25) is 4.79 Å². The normalized spacial score (nSPS) is 12.0. The van der Waals surface area contributed by atoms with Gasteiger partial charge in [0.15, 0.2) is 0 Å². The van der Waals surface area contributed by atoms with Crippen molar-refractivity contribution >= 4 is 11.9 Å². The highest BCUT2D eigenvalue weighted by molar-refractivity contribution is 5.97. The van der Waals surface area contributed by atoms with Gasteiger partial charge in [0.05, 0.1) is 0 Å². The van der Waals surface area contributed by atoms with Crippen LogP contribution in [0.25, 0.3) is 11.1 Å². The third kappa shape index (κ3) is 3.73. The fourth-order valence-corrected chi connectivity index (χ4v) is 2.18. The third-order valence-corrected chi connectivity index (χ3v) is 3.47. The lowest BCUT2D eigenvalue weighted by atomic mass is 10.0. The number of hydrogen-bond acceptors (Lipinski definition) is 2. The molecule has 4 heteroatoms. The summed E-state index contributed by atoms with van der Waals surface area (Å²) in [5.74, 6) is -1.57. The molecule has 1 atom stereocenters. The Hall–Kier alpha value is -2.62. The maximum atomic E-state index is 12.1. The van der Waals surface area contributed by atoms with E-state index in [1.807, 2.05) is 42.5 Å². The number of carbonyl (C=O) groups excluding carboxylic acids is 1. The van der Waals surface area contributed by atoms with E-state index in [0.29, 0.717) is 5.56 Å². The molecule has 1 unspecified atom stereocenters. The summed E-state index contributed by atoms with van der Waals surface area (Å²) in [5.41, 5.74) is 2.53. The molecule has 114 valence electrons. The van der Waals surface area contributed by atoms with E-state index >= 15 is 0 Å². The molecule has 2 N–H and O–H groups in total. The second-order valence-corrected chi connectivity index (χ2v) is 5.48. The average molecular weight is 297 g/mol. The Kier molecular flexibility index (Phi) is 4.94. The number of carbonyl (C=O) groups is 2. The molecule has 1 amide bonds. The van der Waals surface area contributed by atoms with Crippen LogP contribution in [-0.4, -0.2) is 23.0 Å². The Labute approximate surface area is 129 Å². The van der Waals surface area contributed by atoms with E-state index < -0.39 is 12.0 Å². The van der Waals surface area contributed by atoms with Crippen molar-refractivity contribution in [2.75, 3.05) is 0 Å². The molecule has 0 radical (unpaired) electrons. The molecule has 0 saturated carbocycles. The fraction of sp³-hybridized carbons (Fsp3) is 0.222. The van der Waals surface area contributed by atoms with Gasteiger partial charge < -0.3 is 10.4 Å². The highest BCUT2D eigenvalue weighted by Gasteiger charge is 2.23. The molecule has 0 heterocycles. The van der Waals surface area contributed by atoms with Crippen LogP contribution < -0.4 is 5.32 Å². The van der Waals surface area contributed by atoms with E-state index in [0.717, 1.165) is 11.1 Å². The highest BCUT2D eigenvalue weighted by atomic mass is 16.4. The van der Waals surface area contributed by atoms with Crippen LogP contribution in [0.1, 0.15) is 24.2 Å². The van der Waals surface area contributed by atoms with Crippen molar-refractivity contribution in [1.29, 1.82) is 0 Å². The van der Waals surface area contributed by atoms with Crippen molar-refractivity contribution in [3.05, 3.63) is 60.2 Å². The summed E-state index contributed by atoms with van der Waals surface area (Å²) in [6, 6.07) is 16.1. The summed E-state index contributed by atoms with van der Waals surface area (Å²) in [6.45, 7) is 3.52.